The van der Waals surface area contributed by atoms with E-state index in [2.05, 4.69) is 29.6 Å². The summed E-state index contributed by atoms with van der Waals surface area (Å²) in [4.78, 5) is 39.0. The van der Waals surface area contributed by atoms with Crippen molar-refractivity contribution in [2.45, 2.75) is 50.1 Å². The zero-order valence-electron chi connectivity index (χ0n) is 18.9. The molecule has 2 amide bonds. The molecule has 0 aromatic heterocycles. The van der Waals surface area contributed by atoms with Crippen LogP contribution in [0.4, 0.5) is 4.79 Å². The maximum Gasteiger partial charge on any atom is 0.407 e. The normalized spacial score (nSPS) is 28.7. The average Bonchev–Trinajstić information content (AvgIpc) is 3.18. The SMILES string of the molecule is O=C(N[C@@H]1C[C@H]2C[C@@]2(C(=O)N2CCC[C@@H]2C(=O)O)C1)OCC1c2ccccc2-c2ccccc21. The molecule has 1 heterocycles. The number of aliphatic carboxylic acids is 1. The molecule has 7 heteroatoms. The molecule has 0 spiro atoms. The highest BCUT2D eigenvalue weighted by atomic mass is 16.5. The van der Waals surface area contributed by atoms with Gasteiger partial charge in [0.2, 0.25) is 5.91 Å². The van der Waals surface area contributed by atoms with Gasteiger partial charge in [0.1, 0.15) is 12.6 Å². The summed E-state index contributed by atoms with van der Waals surface area (Å²) in [5.74, 6) is -0.745. The van der Waals surface area contributed by atoms with Gasteiger partial charge in [-0.1, -0.05) is 48.5 Å². The third kappa shape index (κ3) is 3.29. The zero-order chi connectivity index (χ0) is 23.4. The molecule has 2 N–H and O–H groups in total. The lowest BCUT2D eigenvalue weighted by Crippen LogP contribution is -2.45. The Labute approximate surface area is 198 Å². The van der Waals surface area contributed by atoms with Crippen molar-refractivity contribution >= 4 is 18.0 Å². The van der Waals surface area contributed by atoms with Gasteiger partial charge in [0.25, 0.3) is 0 Å². The molecular formula is C27H28N2O5. The number of carbonyl (C=O) groups is 3. The van der Waals surface area contributed by atoms with Crippen LogP contribution < -0.4 is 5.32 Å². The Bertz CT molecular complexity index is 1130. The Morgan fingerprint density at radius 3 is 2.38 bits per heavy atom. The molecule has 4 aliphatic rings. The fourth-order valence-corrected chi connectivity index (χ4v) is 6.62. The largest absolute Gasteiger partial charge is 0.480 e. The van der Waals surface area contributed by atoms with Gasteiger partial charge in [0.05, 0.1) is 5.41 Å². The number of likely N-dealkylation sites (tertiary alicyclic amines) is 1. The van der Waals surface area contributed by atoms with Crippen LogP contribution in [0.5, 0.6) is 0 Å². The van der Waals surface area contributed by atoms with Gasteiger partial charge in [-0.15, -0.1) is 0 Å². The summed E-state index contributed by atoms with van der Waals surface area (Å²) in [6, 6.07) is 15.6. The molecular weight excluding hydrogens is 432 g/mol. The van der Waals surface area contributed by atoms with Crippen LogP contribution >= 0.6 is 0 Å². The standard InChI is InChI=1S/C27H28N2O5/c30-24(31)23-10-5-11-29(23)25(32)27-13-16(27)12-17(14-27)28-26(33)34-15-22-20-8-3-1-6-18(20)19-7-2-4-9-21(19)22/h1-4,6-9,16-17,22-23H,5,10-15H2,(H,28,33)(H,30,31)/t16-,17+,23+,27+/m0/s1. The number of carboxylic acid groups (broad SMARTS) is 1. The Hall–Kier alpha value is -3.35. The van der Waals surface area contributed by atoms with Crippen LogP contribution in [0.2, 0.25) is 0 Å². The van der Waals surface area contributed by atoms with Gasteiger partial charge < -0.3 is 20.1 Å². The summed E-state index contributed by atoms with van der Waals surface area (Å²) < 4.78 is 5.67. The van der Waals surface area contributed by atoms with Gasteiger partial charge >= 0.3 is 12.1 Å². The molecule has 2 saturated carbocycles. The number of hydrogen-bond donors (Lipinski definition) is 2. The topological polar surface area (TPSA) is 95.9 Å². The zero-order valence-corrected chi connectivity index (χ0v) is 18.9. The maximum atomic E-state index is 13.2. The number of hydrogen-bond acceptors (Lipinski definition) is 4. The summed E-state index contributed by atoms with van der Waals surface area (Å²) in [6.45, 7) is 0.767. The lowest BCUT2D eigenvalue weighted by Gasteiger charge is -2.26. The molecule has 2 aromatic rings. The minimum atomic E-state index is -0.925. The van der Waals surface area contributed by atoms with Crippen molar-refractivity contribution in [1.82, 2.24) is 10.2 Å². The van der Waals surface area contributed by atoms with E-state index < -0.39 is 23.5 Å². The molecule has 0 bridgehead atoms. The minimum absolute atomic E-state index is 0.00571. The summed E-state index contributed by atoms with van der Waals surface area (Å²) in [5.41, 5.74) is 4.21. The number of benzene rings is 2. The highest BCUT2D eigenvalue weighted by Gasteiger charge is 2.66. The van der Waals surface area contributed by atoms with Gasteiger partial charge in [-0.3, -0.25) is 4.79 Å². The molecule has 176 valence electrons. The number of fused-ring (bicyclic) bond motifs is 4. The van der Waals surface area contributed by atoms with Crippen molar-refractivity contribution in [3.05, 3.63) is 59.7 Å². The molecule has 3 fully saturated rings. The van der Waals surface area contributed by atoms with Crippen LogP contribution in [0.15, 0.2) is 48.5 Å². The fourth-order valence-electron chi connectivity index (χ4n) is 6.62. The van der Waals surface area contributed by atoms with Gasteiger partial charge in [-0.25, -0.2) is 9.59 Å². The fraction of sp³-hybridized carbons (Fsp3) is 0.444. The Morgan fingerprint density at radius 1 is 1.03 bits per heavy atom. The number of ether oxygens (including phenoxy) is 1. The molecule has 2 aromatic carbocycles. The van der Waals surface area contributed by atoms with E-state index in [1.54, 1.807) is 4.90 Å². The predicted octanol–water partition coefficient (Wildman–Crippen LogP) is 3.77. The molecule has 1 aliphatic heterocycles. The molecule has 7 nitrogen and oxygen atoms in total. The highest BCUT2D eigenvalue weighted by molar-refractivity contribution is 5.91. The minimum Gasteiger partial charge on any atom is -0.480 e. The first-order valence-electron chi connectivity index (χ1n) is 12.1. The second kappa shape index (κ2) is 7.86. The van der Waals surface area contributed by atoms with Crippen molar-refractivity contribution in [2.75, 3.05) is 13.2 Å². The van der Waals surface area contributed by atoms with E-state index >= 15 is 0 Å². The number of nitrogens with zero attached hydrogens (tertiary/aromatic N) is 1. The van der Waals surface area contributed by atoms with E-state index in [1.165, 1.54) is 22.3 Å². The van der Waals surface area contributed by atoms with Crippen LogP contribution in [0, 0.1) is 11.3 Å². The van der Waals surface area contributed by atoms with E-state index in [1.807, 2.05) is 24.3 Å². The molecule has 4 atom stereocenters. The van der Waals surface area contributed by atoms with Gasteiger partial charge in [0.15, 0.2) is 0 Å². The van der Waals surface area contributed by atoms with Crippen LogP contribution in [-0.4, -0.2) is 53.2 Å². The van der Waals surface area contributed by atoms with Crippen LogP contribution in [-0.2, 0) is 14.3 Å². The van der Waals surface area contributed by atoms with Crippen molar-refractivity contribution in [2.24, 2.45) is 11.3 Å². The molecule has 34 heavy (non-hydrogen) atoms. The van der Waals surface area contributed by atoms with Crippen LogP contribution in [0.25, 0.3) is 11.1 Å². The Morgan fingerprint density at radius 2 is 1.71 bits per heavy atom. The summed E-state index contributed by atoms with van der Waals surface area (Å²) in [6.07, 6.45) is 2.87. The summed E-state index contributed by atoms with van der Waals surface area (Å²) in [5, 5.41) is 12.4. The Kier molecular flexibility index (Phi) is 4.90. The predicted molar refractivity (Wildman–Crippen MR) is 124 cm³/mol. The Balaban J connectivity index is 1.07. The number of nitrogens with one attached hydrogen (secondary N) is 1. The number of carbonyl (C=O) groups excluding carboxylic acids is 2. The molecule has 0 unspecified atom stereocenters. The van der Waals surface area contributed by atoms with Crippen molar-refractivity contribution in [3.8, 4) is 11.1 Å². The summed E-state index contributed by atoms with van der Waals surface area (Å²) in [7, 11) is 0. The van der Waals surface area contributed by atoms with Gasteiger partial charge in [-0.05, 0) is 60.3 Å². The number of rotatable bonds is 5. The molecule has 0 radical (unpaired) electrons. The quantitative estimate of drug-likeness (QED) is 0.708. The summed E-state index contributed by atoms with van der Waals surface area (Å²) >= 11 is 0. The van der Waals surface area contributed by atoms with Gasteiger partial charge in [0, 0.05) is 18.5 Å². The van der Waals surface area contributed by atoms with Crippen LogP contribution in [0.3, 0.4) is 0 Å². The smallest absolute Gasteiger partial charge is 0.407 e. The third-order valence-electron chi connectivity index (χ3n) is 8.30. The van der Waals surface area contributed by atoms with E-state index in [-0.39, 0.29) is 30.4 Å². The first kappa shape index (κ1) is 21.2. The van der Waals surface area contributed by atoms with Gasteiger partial charge in [-0.2, -0.15) is 0 Å². The van der Waals surface area contributed by atoms with E-state index in [9.17, 15) is 19.5 Å². The number of amides is 2. The van der Waals surface area contributed by atoms with E-state index in [0.29, 0.717) is 19.4 Å². The van der Waals surface area contributed by atoms with E-state index in [0.717, 1.165) is 19.3 Å². The van der Waals surface area contributed by atoms with Crippen molar-refractivity contribution in [1.29, 1.82) is 0 Å². The van der Waals surface area contributed by atoms with Crippen LogP contribution in [0.1, 0.15) is 49.1 Å². The maximum absolute atomic E-state index is 13.2. The second-order valence-electron chi connectivity index (χ2n) is 10.2. The average molecular weight is 461 g/mol. The number of alkyl carbamates (subject to hydrolysis) is 1. The molecule has 3 aliphatic carbocycles. The first-order valence-corrected chi connectivity index (χ1v) is 12.1. The van der Waals surface area contributed by atoms with Crippen molar-refractivity contribution < 1.29 is 24.2 Å². The monoisotopic (exact) mass is 460 g/mol. The van der Waals surface area contributed by atoms with Crippen molar-refractivity contribution in [3.63, 3.8) is 0 Å². The van der Waals surface area contributed by atoms with E-state index in [4.69, 9.17) is 4.74 Å². The number of carboxylic acids is 1. The third-order valence-corrected chi connectivity index (χ3v) is 8.30. The molecule has 1 saturated heterocycles. The lowest BCUT2D eigenvalue weighted by atomic mass is 9.98. The first-order chi connectivity index (χ1) is 16.5. The highest BCUT2D eigenvalue weighted by Crippen LogP contribution is 2.64. The second-order valence-corrected chi connectivity index (χ2v) is 10.2. The molecule has 6 rings (SSSR count). The lowest BCUT2D eigenvalue weighted by molar-refractivity contribution is -0.150.